The molecule has 0 saturated carbocycles. The number of nitrogens with one attached hydrogen (secondary N) is 1. The van der Waals surface area contributed by atoms with Crippen molar-refractivity contribution in [1.82, 2.24) is 20.6 Å². The summed E-state index contributed by atoms with van der Waals surface area (Å²) in [6.45, 7) is 0. The van der Waals surface area contributed by atoms with Crippen molar-refractivity contribution < 1.29 is 14.3 Å². The van der Waals surface area contributed by atoms with E-state index in [-0.39, 0.29) is 11.7 Å². The molecule has 0 fully saturated rings. The van der Waals surface area contributed by atoms with Gasteiger partial charge in [-0.25, -0.2) is 0 Å². The summed E-state index contributed by atoms with van der Waals surface area (Å²) in [6, 6.07) is 19.1. The molecule has 0 aliphatic rings. The van der Waals surface area contributed by atoms with Gasteiger partial charge in [-0.15, -0.1) is 0 Å². The van der Waals surface area contributed by atoms with E-state index in [9.17, 15) is 4.79 Å². The van der Waals surface area contributed by atoms with E-state index >= 15 is 0 Å². The van der Waals surface area contributed by atoms with Crippen molar-refractivity contribution in [3.63, 3.8) is 0 Å². The summed E-state index contributed by atoms with van der Waals surface area (Å²) in [4.78, 5) is 13.3. The molecule has 30 heavy (non-hydrogen) atoms. The molecule has 0 radical (unpaired) electrons. The van der Waals surface area contributed by atoms with Gasteiger partial charge in [-0.2, -0.15) is 5.21 Å². The van der Waals surface area contributed by atoms with Gasteiger partial charge in [0.05, 0.1) is 20.1 Å². The highest BCUT2D eigenvalue weighted by molar-refractivity contribution is 6.04. The van der Waals surface area contributed by atoms with Crippen LogP contribution in [0.4, 0.5) is 5.69 Å². The fourth-order valence-electron chi connectivity index (χ4n) is 3.39. The van der Waals surface area contributed by atoms with Gasteiger partial charge in [-0.3, -0.25) is 15.1 Å². The van der Waals surface area contributed by atoms with Crippen molar-refractivity contribution >= 4 is 22.4 Å². The number of benzene rings is 3. The van der Waals surface area contributed by atoms with Crippen LogP contribution < -0.4 is 19.9 Å². The Morgan fingerprint density at radius 3 is 2.67 bits per heavy atom. The summed E-state index contributed by atoms with van der Waals surface area (Å²) in [7, 11) is 3.16. The number of carbonyl (C=O) groups is 1. The third-order valence-electron chi connectivity index (χ3n) is 4.93. The lowest BCUT2D eigenvalue weighted by Crippen LogP contribution is -2.25. The summed E-state index contributed by atoms with van der Waals surface area (Å²) < 4.78 is 10.7. The first kappa shape index (κ1) is 19.4. The average molecular weight is 402 g/mol. The Kier molecular flexibility index (Phi) is 5.56. The summed E-state index contributed by atoms with van der Waals surface area (Å²) >= 11 is 0. The SMILES string of the molecule is COc1ccc(C[C@H](C(=O)Nc2cccc3ccccc23)c2nnn[n-]2)c(OC)c1. The maximum Gasteiger partial charge on any atom is 0.232 e. The lowest BCUT2D eigenvalue weighted by Gasteiger charge is -2.19. The lowest BCUT2D eigenvalue weighted by molar-refractivity contribution is -0.117. The van der Waals surface area contributed by atoms with Gasteiger partial charge in [-0.1, -0.05) is 42.5 Å². The van der Waals surface area contributed by atoms with Crippen LogP contribution in [0.1, 0.15) is 17.3 Å². The van der Waals surface area contributed by atoms with Crippen LogP contribution in [0, 0.1) is 0 Å². The highest BCUT2D eigenvalue weighted by Crippen LogP contribution is 2.30. The largest absolute Gasteiger partial charge is 0.497 e. The van der Waals surface area contributed by atoms with E-state index in [0.29, 0.717) is 17.9 Å². The van der Waals surface area contributed by atoms with E-state index in [1.54, 1.807) is 20.3 Å². The molecule has 0 saturated heterocycles. The molecule has 1 heterocycles. The molecule has 0 bridgehead atoms. The second-order valence-electron chi connectivity index (χ2n) is 6.69. The maximum atomic E-state index is 13.3. The fourth-order valence-corrected chi connectivity index (χ4v) is 3.39. The number of tetrazole rings is 1. The number of hydrogen-bond acceptors (Lipinski definition) is 6. The molecule has 152 valence electrons. The normalized spacial score (nSPS) is 11.8. The van der Waals surface area contributed by atoms with E-state index in [1.165, 1.54) is 0 Å². The van der Waals surface area contributed by atoms with Gasteiger partial charge in [-0.05, 0) is 29.5 Å². The smallest absolute Gasteiger partial charge is 0.232 e. The summed E-state index contributed by atoms with van der Waals surface area (Å²) in [5.41, 5.74) is 1.54. The number of ether oxygens (including phenoxy) is 2. The molecular weight excluding hydrogens is 382 g/mol. The second-order valence-corrected chi connectivity index (χ2v) is 6.69. The van der Waals surface area contributed by atoms with Crippen molar-refractivity contribution in [1.29, 1.82) is 0 Å². The first-order valence-corrected chi connectivity index (χ1v) is 9.37. The number of fused-ring (bicyclic) bond motifs is 1. The predicted octanol–water partition coefficient (Wildman–Crippen LogP) is 2.96. The number of anilines is 1. The number of aromatic nitrogens is 4. The van der Waals surface area contributed by atoms with Gasteiger partial charge < -0.3 is 19.9 Å². The van der Waals surface area contributed by atoms with E-state index in [4.69, 9.17) is 9.47 Å². The molecule has 4 rings (SSSR count). The number of methoxy groups -OCH3 is 2. The van der Waals surface area contributed by atoms with Crippen LogP contribution in [-0.4, -0.2) is 35.7 Å². The van der Waals surface area contributed by atoms with Crippen molar-refractivity contribution in [2.24, 2.45) is 0 Å². The molecule has 1 N–H and O–H groups in total. The first-order valence-electron chi connectivity index (χ1n) is 9.37. The Labute approximate surface area is 173 Å². The van der Waals surface area contributed by atoms with Gasteiger partial charge in [0.2, 0.25) is 5.91 Å². The molecule has 1 amide bonds. The number of nitrogens with zero attached hydrogens (tertiary/aromatic N) is 4. The van der Waals surface area contributed by atoms with Crippen LogP contribution in [0.15, 0.2) is 60.7 Å². The molecule has 0 aliphatic carbocycles. The Balaban J connectivity index is 1.66. The first-order chi connectivity index (χ1) is 14.7. The molecule has 0 aliphatic heterocycles. The quantitative estimate of drug-likeness (QED) is 0.507. The van der Waals surface area contributed by atoms with Crippen molar-refractivity contribution in [2.75, 3.05) is 19.5 Å². The van der Waals surface area contributed by atoms with Gasteiger partial charge >= 0.3 is 0 Å². The Hall–Kier alpha value is -3.94. The number of amides is 1. The molecule has 1 atom stereocenters. The lowest BCUT2D eigenvalue weighted by atomic mass is 9.96. The van der Waals surface area contributed by atoms with Crippen molar-refractivity contribution in [2.45, 2.75) is 12.3 Å². The Morgan fingerprint density at radius 1 is 1.07 bits per heavy atom. The van der Waals surface area contributed by atoms with E-state index in [1.807, 2.05) is 54.6 Å². The Bertz CT molecular complexity index is 1160. The minimum Gasteiger partial charge on any atom is -0.497 e. The minimum atomic E-state index is -0.693. The average Bonchev–Trinajstić information content (AvgIpc) is 3.32. The zero-order chi connectivity index (χ0) is 20.9. The third-order valence-corrected chi connectivity index (χ3v) is 4.93. The standard InChI is InChI=1S/C22H21N5O3/c1-29-16-11-10-15(20(13-16)30-2)12-18(21-24-26-27-25-21)22(28)23-19-9-5-7-14-6-3-4-8-17(14)19/h3-11,13,18H,12H2,1-2H3,(H2,23,24,25,26,27,28)/p-1/t18-/m0/s1. The molecule has 4 aromatic rings. The summed E-state index contributed by atoms with van der Waals surface area (Å²) in [5.74, 6) is 0.593. The van der Waals surface area contributed by atoms with Gasteiger partial charge in [0.25, 0.3) is 0 Å². The van der Waals surface area contributed by atoms with Crippen LogP contribution in [0.25, 0.3) is 10.8 Å². The summed E-state index contributed by atoms with van der Waals surface area (Å²) in [6.07, 6.45) is 0.317. The van der Waals surface area contributed by atoms with Crippen LogP contribution in [0.5, 0.6) is 11.5 Å². The number of carbonyl (C=O) groups excluding carboxylic acids is 1. The Morgan fingerprint density at radius 2 is 1.90 bits per heavy atom. The van der Waals surface area contributed by atoms with Crippen molar-refractivity contribution in [3.8, 4) is 11.5 Å². The van der Waals surface area contributed by atoms with Crippen LogP contribution >= 0.6 is 0 Å². The molecule has 3 aromatic carbocycles. The van der Waals surface area contributed by atoms with E-state index in [2.05, 4.69) is 25.9 Å². The summed E-state index contributed by atoms with van der Waals surface area (Å²) in [5, 5.41) is 20.0. The topological polar surface area (TPSA) is 100 Å². The third kappa shape index (κ3) is 3.93. The fraction of sp³-hybridized carbons (Fsp3) is 0.182. The molecule has 0 unspecified atom stereocenters. The zero-order valence-electron chi connectivity index (χ0n) is 16.6. The number of rotatable bonds is 7. The van der Waals surface area contributed by atoms with E-state index < -0.39 is 5.92 Å². The predicted molar refractivity (Wildman–Crippen MR) is 112 cm³/mol. The monoisotopic (exact) mass is 402 g/mol. The van der Waals surface area contributed by atoms with Crippen molar-refractivity contribution in [3.05, 3.63) is 72.1 Å². The maximum absolute atomic E-state index is 13.3. The minimum absolute atomic E-state index is 0.251. The highest BCUT2D eigenvalue weighted by atomic mass is 16.5. The highest BCUT2D eigenvalue weighted by Gasteiger charge is 2.23. The van der Waals surface area contributed by atoms with Crippen LogP contribution in [0.2, 0.25) is 0 Å². The molecule has 0 spiro atoms. The molecule has 8 nitrogen and oxygen atoms in total. The molecule has 8 heteroatoms. The number of hydrogen-bond donors (Lipinski definition) is 1. The molecule has 1 aromatic heterocycles. The van der Waals surface area contributed by atoms with Gasteiger partial charge in [0.15, 0.2) is 0 Å². The zero-order valence-corrected chi connectivity index (χ0v) is 16.6. The second kappa shape index (κ2) is 8.60. The molecular formula is C22H20N5O3-. The van der Waals surface area contributed by atoms with E-state index in [0.717, 1.165) is 22.0 Å². The van der Waals surface area contributed by atoms with Gasteiger partial charge in [0, 0.05) is 23.0 Å². The van der Waals surface area contributed by atoms with Gasteiger partial charge in [0.1, 0.15) is 11.5 Å². The van der Waals surface area contributed by atoms with Crippen LogP contribution in [0.3, 0.4) is 0 Å². The van der Waals surface area contributed by atoms with Crippen LogP contribution in [-0.2, 0) is 11.2 Å².